The molecule has 0 radical (unpaired) electrons. The Morgan fingerprint density at radius 2 is 1.71 bits per heavy atom. The molecule has 1 aromatic heterocycles. The van der Waals surface area contributed by atoms with Crippen molar-refractivity contribution in [2.75, 3.05) is 17.7 Å². The molecule has 0 unspecified atom stereocenters. The van der Waals surface area contributed by atoms with Gasteiger partial charge in [0.15, 0.2) is 11.5 Å². The zero-order valence-corrected chi connectivity index (χ0v) is 14.6. The number of hydrogen-bond donors (Lipinski definition) is 2. The third-order valence-electron chi connectivity index (χ3n) is 3.71. The largest absolute Gasteiger partial charge is 0.497 e. The van der Waals surface area contributed by atoms with Crippen LogP contribution in [0.25, 0.3) is 0 Å². The molecule has 6 nitrogen and oxygen atoms in total. The van der Waals surface area contributed by atoms with Gasteiger partial charge in [-0.1, -0.05) is 6.07 Å². The Balaban J connectivity index is 1.65. The lowest BCUT2D eigenvalue weighted by atomic mass is 10.2. The number of anilines is 3. The van der Waals surface area contributed by atoms with Crippen LogP contribution in [0.4, 0.5) is 30.4 Å². The molecule has 0 saturated carbocycles. The molecular weight excluding hydrogens is 373 g/mol. The first-order chi connectivity index (χ1) is 13.3. The predicted molar refractivity (Wildman–Crippen MR) is 97.7 cm³/mol. The highest BCUT2D eigenvalue weighted by Gasteiger charge is 2.30. The summed E-state index contributed by atoms with van der Waals surface area (Å²) in [6, 6.07) is 14.3. The molecular formula is C19H15F3N4O2. The Morgan fingerprint density at radius 1 is 0.964 bits per heavy atom. The number of nitrogens with zero attached hydrogens (tertiary/aromatic N) is 2. The molecule has 28 heavy (non-hydrogen) atoms. The number of benzene rings is 2. The van der Waals surface area contributed by atoms with E-state index in [9.17, 15) is 18.0 Å². The number of alkyl halides is 3. The lowest BCUT2D eigenvalue weighted by molar-refractivity contribution is -0.137. The van der Waals surface area contributed by atoms with Crippen molar-refractivity contribution in [2.45, 2.75) is 6.18 Å². The van der Waals surface area contributed by atoms with Gasteiger partial charge in [0.05, 0.1) is 12.7 Å². The molecule has 2 N–H and O–H groups in total. The highest BCUT2D eigenvalue weighted by Crippen LogP contribution is 2.29. The first kappa shape index (κ1) is 19.2. The maximum atomic E-state index is 12.6. The van der Waals surface area contributed by atoms with Gasteiger partial charge >= 0.3 is 6.18 Å². The normalized spacial score (nSPS) is 11.0. The number of aromatic nitrogens is 2. The fourth-order valence-corrected chi connectivity index (χ4v) is 2.31. The van der Waals surface area contributed by atoms with Crippen LogP contribution in [0.2, 0.25) is 0 Å². The van der Waals surface area contributed by atoms with E-state index in [2.05, 4.69) is 20.8 Å². The minimum atomic E-state index is -4.43. The van der Waals surface area contributed by atoms with E-state index < -0.39 is 17.6 Å². The van der Waals surface area contributed by atoms with E-state index in [0.717, 1.165) is 17.8 Å². The summed E-state index contributed by atoms with van der Waals surface area (Å²) in [4.78, 5) is 12.2. The van der Waals surface area contributed by atoms with Crippen LogP contribution in [0, 0.1) is 0 Å². The smallest absolute Gasteiger partial charge is 0.416 e. The van der Waals surface area contributed by atoms with E-state index in [1.807, 2.05) is 6.07 Å². The van der Waals surface area contributed by atoms with Gasteiger partial charge in [-0.25, -0.2) is 0 Å². The van der Waals surface area contributed by atoms with Crippen molar-refractivity contribution in [2.24, 2.45) is 0 Å². The quantitative estimate of drug-likeness (QED) is 0.673. The van der Waals surface area contributed by atoms with Gasteiger partial charge in [0.1, 0.15) is 5.75 Å². The van der Waals surface area contributed by atoms with Crippen LogP contribution in [0.3, 0.4) is 0 Å². The average Bonchev–Trinajstić information content (AvgIpc) is 2.68. The second kappa shape index (κ2) is 7.95. The fraction of sp³-hybridized carbons (Fsp3) is 0.105. The molecule has 2 aromatic carbocycles. The number of ether oxygens (including phenoxy) is 1. The molecule has 0 saturated heterocycles. The summed E-state index contributed by atoms with van der Waals surface area (Å²) in [6.45, 7) is 0. The molecule has 3 aromatic rings. The third-order valence-corrected chi connectivity index (χ3v) is 3.71. The van der Waals surface area contributed by atoms with Crippen molar-refractivity contribution < 1.29 is 22.7 Å². The molecule has 0 atom stereocenters. The summed E-state index contributed by atoms with van der Waals surface area (Å²) in [5.41, 5.74) is 0.184. The maximum absolute atomic E-state index is 12.6. The van der Waals surface area contributed by atoms with Gasteiger partial charge in [-0.2, -0.15) is 13.2 Å². The molecule has 0 fully saturated rings. The van der Waals surface area contributed by atoms with Crippen LogP contribution in [0.5, 0.6) is 5.75 Å². The van der Waals surface area contributed by atoms with E-state index in [4.69, 9.17) is 4.74 Å². The SMILES string of the molecule is COc1cccc(Nc2ccc(C(=O)Nc3ccc(C(F)(F)F)cc3)nn2)c1. The monoisotopic (exact) mass is 388 g/mol. The molecule has 0 aliphatic rings. The number of amides is 1. The Hall–Kier alpha value is -3.62. The van der Waals surface area contributed by atoms with E-state index in [1.165, 1.54) is 18.2 Å². The molecule has 0 aliphatic carbocycles. The minimum Gasteiger partial charge on any atom is -0.497 e. The van der Waals surface area contributed by atoms with Crippen LogP contribution in [0.15, 0.2) is 60.7 Å². The molecule has 1 heterocycles. The van der Waals surface area contributed by atoms with E-state index in [-0.39, 0.29) is 11.4 Å². The van der Waals surface area contributed by atoms with Gasteiger partial charge in [0.2, 0.25) is 0 Å². The lowest BCUT2D eigenvalue weighted by Gasteiger charge is -2.09. The number of methoxy groups -OCH3 is 1. The number of carbonyl (C=O) groups is 1. The van der Waals surface area contributed by atoms with Gasteiger partial charge in [0.25, 0.3) is 5.91 Å². The standard InChI is InChI=1S/C19H15F3N4O2/c1-28-15-4-2-3-14(11-15)23-17-10-9-16(25-26-17)18(27)24-13-7-5-12(6-8-13)19(20,21)22/h2-11H,1H3,(H,23,26)(H,24,27). The Kier molecular flexibility index (Phi) is 5.44. The molecule has 1 amide bonds. The van der Waals surface area contributed by atoms with Gasteiger partial charge in [0, 0.05) is 17.4 Å². The molecule has 0 bridgehead atoms. The van der Waals surface area contributed by atoms with E-state index >= 15 is 0 Å². The number of nitrogens with one attached hydrogen (secondary N) is 2. The lowest BCUT2D eigenvalue weighted by Crippen LogP contribution is -2.15. The Morgan fingerprint density at radius 3 is 2.32 bits per heavy atom. The van der Waals surface area contributed by atoms with Crippen LogP contribution < -0.4 is 15.4 Å². The number of rotatable bonds is 5. The van der Waals surface area contributed by atoms with Crippen molar-refractivity contribution in [3.05, 3.63) is 71.9 Å². The topological polar surface area (TPSA) is 76.1 Å². The van der Waals surface area contributed by atoms with Crippen molar-refractivity contribution >= 4 is 23.1 Å². The molecule has 144 valence electrons. The molecule has 0 spiro atoms. The molecule has 9 heteroatoms. The first-order valence-electron chi connectivity index (χ1n) is 8.08. The van der Waals surface area contributed by atoms with Crippen LogP contribution >= 0.6 is 0 Å². The zero-order chi connectivity index (χ0) is 20.1. The summed E-state index contributed by atoms with van der Waals surface area (Å²) in [6.07, 6.45) is -4.43. The fourth-order valence-electron chi connectivity index (χ4n) is 2.31. The van der Waals surface area contributed by atoms with E-state index in [1.54, 1.807) is 31.4 Å². The van der Waals surface area contributed by atoms with Crippen molar-refractivity contribution in [3.8, 4) is 5.75 Å². The highest BCUT2D eigenvalue weighted by molar-refractivity contribution is 6.02. The summed E-state index contributed by atoms with van der Waals surface area (Å²) in [5.74, 6) is 0.505. The number of halogens is 3. The predicted octanol–water partition coefficient (Wildman–Crippen LogP) is 4.50. The van der Waals surface area contributed by atoms with Gasteiger partial charge in [-0.3, -0.25) is 4.79 Å². The summed E-state index contributed by atoms with van der Waals surface area (Å²) in [5, 5.41) is 13.3. The molecule has 0 aliphatic heterocycles. The van der Waals surface area contributed by atoms with Crippen molar-refractivity contribution in [3.63, 3.8) is 0 Å². The average molecular weight is 388 g/mol. The van der Waals surface area contributed by atoms with Crippen LogP contribution in [0.1, 0.15) is 16.1 Å². The summed E-state index contributed by atoms with van der Waals surface area (Å²) < 4.78 is 42.8. The number of carbonyl (C=O) groups excluding carboxylic acids is 1. The first-order valence-corrected chi connectivity index (χ1v) is 8.08. The summed E-state index contributed by atoms with van der Waals surface area (Å²) >= 11 is 0. The maximum Gasteiger partial charge on any atom is 0.416 e. The zero-order valence-electron chi connectivity index (χ0n) is 14.6. The van der Waals surface area contributed by atoms with Gasteiger partial charge in [-0.15, -0.1) is 10.2 Å². The third kappa shape index (κ3) is 4.76. The highest BCUT2D eigenvalue weighted by atomic mass is 19.4. The van der Waals surface area contributed by atoms with Crippen molar-refractivity contribution in [1.29, 1.82) is 0 Å². The van der Waals surface area contributed by atoms with Gasteiger partial charge < -0.3 is 15.4 Å². The van der Waals surface area contributed by atoms with Crippen LogP contribution in [-0.4, -0.2) is 23.2 Å². The van der Waals surface area contributed by atoms with Crippen LogP contribution in [-0.2, 0) is 6.18 Å². The second-order valence-electron chi connectivity index (χ2n) is 5.69. The Bertz CT molecular complexity index is 958. The second-order valence-corrected chi connectivity index (χ2v) is 5.69. The van der Waals surface area contributed by atoms with E-state index in [0.29, 0.717) is 11.6 Å². The minimum absolute atomic E-state index is 0.0242. The van der Waals surface area contributed by atoms with Gasteiger partial charge in [-0.05, 0) is 48.5 Å². The van der Waals surface area contributed by atoms with Crippen molar-refractivity contribution in [1.82, 2.24) is 10.2 Å². The summed E-state index contributed by atoms with van der Waals surface area (Å²) in [7, 11) is 1.56. The Labute approximate surface area is 158 Å². The number of hydrogen-bond acceptors (Lipinski definition) is 5. The molecule has 3 rings (SSSR count).